The van der Waals surface area contributed by atoms with Crippen LogP contribution in [0.15, 0.2) is 24.3 Å². The van der Waals surface area contributed by atoms with Crippen LogP contribution in [0, 0.1) is 11.8 Å². The standard InChI is InChI=1S/C17H22N2O5/c1-24-12-8-6-11(7-9-12)10-15(20)18-19-16(21)13-4-2-3-5-14(13)17(22)23/h6-9,13-14H,2-5,10H2,1H3,(H,18,20)(H,19,21)(H,22,23)/t13-,14+/m1/s1. The van der Waals surface area contributed by atoms with E-state index in [1.807, 2.05) is 0 Å². The Morgan fingerprint density at radius 3 is 2.29 bits per heavy atom. The van der Waals surface area contributed by atoms with Crippen molar-refractivity contribution in [1.29, 1.82) is 0 Å². The summed E-state index contributed by atoms with van der Waals surface area (Å²) >= 11 is 0. The molecule has 130 valence electrons. The van der Waals surface area contributed by atoms with Gasteiger partial charge < -0.3 is 9.84 Å². The maximum absolute atomic E-state index is 12.1. The maximum Gasteiger partial charge on any atom is 0.307 e. The third-order valence-corrected chi connectivity index (χ3v) is 4.27. The summed E-state index contributed by atoms with van der Waals surface area (Å²) in [6, 6.07) is 7.03. The topological polar surface area (TPSA) is 105 Å². The number of amides is 2. The Bertz CT molecular complexity index is 600. The number of carboxylic acid groups (broad SMARTS) is 1. The molecule has 24 heavy (non-hydrogen) atoms. The quantitative estimate of drug-likeness (QED) is 0.704. The van der Waals surface area contributed by atoms with Gasteiger partial charge in [0.15, 0.2) is 0 Å². The summed E-state index contributed by atoms with van der Waals surface area (Å²) in [6.07, 6.45) is 2.76. The van der Waals surface area contributed by atoms with Crippen molar-refractivity contribution < 1.29 is 24.2 Å². The zero-order valence-corrected chi connectivity index (χ0v) is 13.6. The normalized spacial score (nSPS) is 20.0. The first kappa shape index (κ1) is 17.8. The highest BCUT2D eigenvalue weighted by Crippen LogP contribution is 2.30. The molecule has 0 heterocycles. The van der Waals surface area contributed by atoms with Crippen LogP contribution in [0.3, 0.4) is 0 Å². The Morgan fingerprint density at radius 1 is 1.08 bits per heavy atom. The number of nitrogens with one attached hydrogen (secondary N) is 2. The fourth-order valence-electron chi connectivity index (χ4n) is 2.94. The lowest BCUT2D eigenvalue weighted by Gasteiger charge is -2.27. The minimum absolute atomic E-state index is 0.108. The van der Waals surface area contributed by atoms with Crippen LogP contribution in [-0.4, -0.2) is 30.0 Å². The number of carboxylic acids is 1. The van der Waals surface area contributed by atoms with Crippen LogP contribution in [0.1, 0.15) is 31.2 Å². The highest BCUT2D eigenvalue weighted by molar-refractivity contribution is 5.87. The Kier molecular flexibility index (Phi) is 6.17. The van der Waals surface area contributed by atoms with E-state index in [1.54, 1.807) is 31.4 Å². The molecule has 0 bridgehead atoms. The zero-order chi connectivity index (χ0) is 17.5. The number of hydrogen-bond donors (Lipinski definition) is 3. The van der Waals surface area contributed by atoms with Crippen LogP contribution >= 0.6 is 0 Å². The number of methoxy groups -OCH3 is 1. The molecule has 2 atom stereocenters. The van der Waals surface area contributed by atoms with E-state index in [-0.39, 0.29) is 12.3 Å². The molecule has 1 aliphatic carbocycles. The molecule has 0 unspecified atom stereocenters. The molecule has 2 rings (SSSR count). The Hall–Kier alpha value is -2.57. The predicted molar refractivity (Wildman–Crippen MR) is 86.1 cm³/mol. The van der Waals surface area contributed by atoms with E-state index in [2.05, 4.69) is 10.9 Å². The highest BCUT2D eigenvalue weighted by atomic mass is 16.5. The zero-order valence-electron chi connectivity index (χ0n) is 13.6. The molecule has 1 aliphatic rings. The first-order valence-electron chi connectivity index (χ1n) is 7.95. The maximum atomic E-state index is 12.1. The molecule has 0 radical (unpaired) electrons. The second kappa shape index (κ2) is 8.33. The number of aliphatic carboxylic acids is 1. The van der Waals surface area contributed by atoms with E-state index in [9.17, 15) is 19.5 Å². The average Bonchev–Trinajstić information content (AvgIpc) is 2.60. The number of carbonyl (C=O) groups is 3. The van der Waals surface area contributed by atoms with E-state index in [0.717, 1.165) is 18.4 Å². The van der Waals surface area contributed by atoms with Crippen molar-refractivity contribution in [2.75, 3.05) is 7.11 Å². The van der Waals surface area contributed by atoms with Crippen molar-refractivity contribution in [3.8, 4) is 5.75 Å². The Morgan fingerprint density at radius 2 is 1.71 bits per heavy atom. The molecule has 0 aromatic heterocycles. The van der Waals surface area contributed by atoms with E-state index in [4.69, 9.17) is 4.74 Å². The third-order valence-electron chi connectivity index (χ3n) is 4.27. The van der Waals surface area contributed by atoms with Crippen LogP contribution in [0.2, 0.25) is 0 Å². The summed E-state index contributed by atoms with van der Waals surface area (Å²) < 4.78 is 5.04. The van der Waals surface area contributed by atoms with Gasteiger partial charge in [-0.15, -0.1) is 0 Å². The fraction of sp³-hybridized carbons (Fsp3) is 0.471. The first-order valence-corrected chi connectivity index (χ1v) is 7.95. The molecule has 1 aromatic carbocycles. The van der Waals surface area contributed by atoms with Gasteiger partial charge in [0, 0.05) is 0 Å². The van der Waals surface area contributed by atoms with Crippen LogP contribution in [0.25, 0.3) is 0 Å². The molecular formula is C17H22N2O5. The fourth-order valence-corrected chi connectivity index (χ4v) is 2.94. The van der Waals surface area contributed by atoms with E-state index in [1.165, 1.54) is 0 Å². The van der Waals surface area contributed by atoms with Gasteiger partial charge in [0.1, 0.15) is 5.75 Å². The molecule has 3 N–H and O–H groups in total. The van der Waals surface area contributed by atoms with Gasteiger partial charge in [-0.25, -0.2) is 0 Å². The smallest absolute Gasteiger partial charge is 0.307 e. The molecule has 0 aliphatic heterocycles. The number of hydrogen-bond acceptors (Lipinski definition) is 4. The Labute approximate surface area is 140 Å². The average molecular weight is 334 g/mol. The van der Waals surface area contributed by atoms with E-state index >= 15 is 0 Å². The van der Waals surface area contributed by atoms with Crippen LogP contribution in [0.5, 0.6) is 5.75 Å². The molecule has 7 nitrogen and oxygen atoms in total. The van der Waals surface area contributed by atoms with E-state index < -0.39 is 23.7 Å². The monoisotopic (exact) mass is 334 g/mol. The minimum atomic E-state index is -0.959. The molecule has 1 aromatic rings. The molecule has 2 amide bonds. The largest absolute Gasteiger partial charge is 0.497 e. The second-order valence-electron chi connectivity index (χ2n) is 5.90. The van der Waals surface area contributed by atoms with Gasteiger partial charge in [-0.2, -0.15) is 0 Å². The molecule has 1 fully saturated rings. The lowest BCUT2D eigenvalue weighted by molar-refractivity contribution is -0.149. The van der Waals surface area contributed by atoms with Crippen molar-refractivity contribution >= 4 is 17.8 Å². The summed E-state index contributed by atoms with van der Waals surface area (Å²) in [7, 11) is 1.56. The van der Waals surface area contributed by atoms with Crippen molar-refractivity contribution in [1.82, 2.24) is 10.9 Å². The molecule has 0 spiro atoms. The number of carbonyl (C=O) groups excluding carboxylic acids is 2. The van der Waals surface area contributed by atoms with Gasteiger partial charge in [0.05, 0.1) is 25.4 Å². The molecular weight excluding hydrogens is 312 g/mol. The predicted octanol–water partition coefficient (Wildman–Crippen LogP) is 1.28. The highest BCUT2D eigenvalue weighted by Gasteiger charge is 2.35. The van der Waals surface area contributed by atoms with Crippen molar-refractivity contribution in [2.24, 2.45) is 11.8 Å². The molecule has 1 saturated carbocycles. The van der Waals surface area contributed by atoms with Gasteiger partial charge >= 0.3 is 5.97 Å². The third kappa shape index (κ3) is 4.71. The van der Waals surface area contributed by atoms with Crippen molar-refractivity contribution in [2.45, 2.75) is 32.1 Å². The number of hydrazine groups is 1. The first-order chi connectivity index (χ1) is 11.5. The minimum Gasteiger partial charge on any atom is -0.497 e. The summed E-state index contributed by atoms with van der Waals surface area (Å²) in [4.78, 5) is 35.3. The van der Waals surface area contributed by atoms with Gasteiger partial charge in [0.2, 0.25) is 11.8 Å². The second-order valence-corrected chi connectivity index (χ2v) is 5.90. The summed E-state index contributed by atoms with van der Waals surface area (Å²) in [5, 5.41) is 9.19. The summed E-state index contributed by atoms with van der Waals surface area (Å²) in [5.74, 6) is -2.35. The van der Waals surface area contributed by atoms with Crippen LogP contribution in [-0.2, 0) is 20.8 Å². The van der Waals surface area contributed by atoms with Crippen molar-refractivity contribution in [3.05, 3.63) is 29.8 Å². The number of benzene rings is 1. The van der Waals surface area contributed by atoms with Gasteiger partial charge in [-0.3, -0.25) is 25.2 Å². The number of ether oxygens (including phenoxy) is 1. The lowest BCUT2D eigenvalue weighted by Crippen LogP contribution is -2.48. The summed E-state index contributed by atoms with van der Waals surface area (Å²) in [5.41, 5.74) is 5.49. The molecule has 0 saturated heterocycles. The van der Waals surface area contributed by atoms with Gasteiger partial charge in [-0.05, 0) is 30.5 Å². The number of rotatable bonds is 5. The SMILES string of the molecule is COc1ccc(CC(=O)NNC(=O)[C@@H]2CCCC[C@@H]2C(=O)O)cc1. The van der Waals surface area contributed by atoms with Gasteiger partial charge in [0.25, 0.3) is 0 Å². The lowest BCUT2D eigenvalue weighted by atomic mass is 9.79. The van der Waals surface area contributed by atoms with Crippen LogP contribution in [0.4, 0.5) is 0 Å². The van der Waals surface area contributed by atoms with E-state index in [0.29, 0.717) is 18.6 Å². The van der Waals surface area contributed by atoms with Crippen molar-refractivity contribution in [3.63, 3.8) is 0 Å². The van der Waals surface area contributed by atoms with Crippen LogP contribution < -0.4 is 15.6 Å². The molecule has 7 heteroatoms. The Balaban J connectivity index is 1.83. The summed E-state index contributed by atoms with van der Waals surface area (Å²) in [6.45, 7) is 0. The van der Waals surface area contributed by atoms with Gasteiger partial charge in [-0.1, -0.05) is 25.0 Å².